The van der Waals surface area contributed by atoms with Gasteiger partial charge in [-0.2, -0.15) is 11.8 Å². The molecule has 0 saturated carbocycles. The van der Waals surface area contributed by atoms with Crippen LogP contribution in [0.25, 0.3) is 0 Å². The number of rotatable bonds is 8. The highest BCUT2D eigenvalue weighted by molar-refractivity contribution is 7.99. The second kappa shape index (κ2) is 8.68. The van der Waals surface area contributed by atoms with E-state index < -0.39 is 0 Å². The van der Waals surface area contributed by atoms with Gasteiger partial charge in [0.05, 0.1) is 0 Å². The summed E-state index contributed by atoms with van der Waals surface area (Å²) in [5, 5.41) is 0.255. The molecule has 1 unspecified atom stereocenters. The minimum atomic E-state index is 0.230. The fraction of sp³-hybridized carbons (Fsp3) is 0.316. The van der Waals surface area contributed by atoms with Crippen molar-refractivity contribution in [1.29, 1.82) is 0 Å². The quantitative estimate of drug-likeness (QED) is 0.470. The molecule has 0 aromatic heterocycles. The van der Waals surface area contributed by atoms with E-state index in [0.717, 1.165) is 11.3 Å². The van der Waals surface area contributed by atoms with Crippen molar-refractivity contribution in [2.75, 3.05) is 5.75 Å². The Labute approximate surface area is 131 Å². The Balaban J connectivity index is 2.07. The highest BCUT2D eigenvalue weighted by atomic mass is 32.2. The molecule has 0 N–H and O–H groups in total. The van der Waals surface area contributed by atoms with E-state index in [9.17, 15) is 4.79 Å². The van der Waals surface area contributed by atoms with Crippen LogP contribution >= 0.6 is 11.8 Å². The molecule has 0 aliphatic rings. The fourth-order valence-corrected chi connectivity index (χ4v) is 3.58. The van der Waals surface area contributed by atoms with Crippen LogP contribution in [0.3, 0.4) is 0 Å². The summed E-state index contributed by atoms with van der Waals surface area (Å²) in [7, 11) is 0. The number of carbonyl (C=O) groups excluding carboxylic acids is 1. The number of Topliss-reactive ketones (excluding diaryl/α,β-unsaturated/α-hetero) is 1. The molecule has 1 nitrogen and oxygen atoms in total. The van der Waals surface area contributed by atoms with Crippen molar-refractivity contribution in [3.63, 3.8) is 0 Å². The summed E-state index contributed by atoms with van der Waals surface area (Å²) in [5.41, 5.74) is 2.07. The summed E-state index contributed by atoms with van der Waals surface area (Å²) in [4.78, 5) is 12.4. The second-order valence-electron chi connectivity index (χ2n) is 5.12. The first kappa shape index (κ1) is 15.8. The Morgan fingerprint density at radius 1 is 1.00 bits per heavy atom. The summed E-state index contributed by atoms with van der Waals surface area (Å²) >= 11 is 1.90. The number of ketones is 1. The lowest BCUT2D eigenvalue weighted by atomic mass is 10.0. The van der Waals surface area contributed by atoms with Gasteiger partial charge < -0.3 is 0 Å². The maximum absolute atomic E-state index is 12.4. The molecule has 21 heavy (non-hydrogen) atoms. The van der Waals surface area contributed by atoms with E-state index in [1.165, 1.54) is 18.4 Å². The molecule has 0 radical (unpaired) electrons. The molecule has 2 aromatic rings. The van der Waals surface area contributed by atoms with Gasteiger partial charge in [0.25, 0.3) is 0 Å². The summed E-state index contributed by atoms with van der Waals surface area (Å²) in [6, 6.07) is 20.0. The first-order chi connectivity index (χ1) is 10.3. The molecule has 0 bridgehead atoms. The van der Waals surface area contributed by atoms with Crippen molar-refractivity contribution in [3.8, 4) is 0 Å². The molecule has 0 spiro atoms. The predicted octanol–water partition coefficient (Wildman–Crippen LogP) is 5.53. The second-order valence-corrected chi connectivity index (χ2v) is 6.43. The number of benzene rings is 2. The lowest BCUT2D eigenvalue weighted by molar-refractivity contribution is 0.0982. The molecule has 0 saturated heterocycles. The van der Waals surface area contributed by atoms with Gasteiger partial charge >= 0.3 is 0 Å². The Kier molecular flexibility index (Phi) is 6.55. The van der Waals surface area contributed by atoms with Gasteiger partial charge in [-0.1, -0.05) is 74.0 Å². The van der Waals surface area contributed by atoms with Gasteiger partial charge in [-0.25, -0.2) is 0 Å². The van der Waals surface area contributed by atoms with E-state index in [2.05, 4.69) is 31.2 Å². The monoisotopic (exact) mass is 298 g/mol. The van der Waals surface area contributed by atoms with Crippen LogP contribution in [0.1, 0.15) is 47.4 Å². The average molecular weight is 298 g/mol. The SMILES string of the molecule is CCCCSC(CC(=O)c1ccccc1)c1ccccc1. The average Bonchev–Trinajstić information content (AvgIpc) is 2.55. The standard InChI is InChI=1S/C19H22OS/c1-2-3-14-21-19(17-12-8-5-9-13-17)15-18(20)16-10-6-4-7-11-16/h4-13,19H,2-3,14-15H2,1H3. The van der Waals surface area contributed by atoms with Crippen molar-refractivity contribution in [2.45, 2.75) is 31.4 Å². The molecule has 110 valence electrons. The van der Waals surface area contributed by atoms with Crippen molar-refractivity contribution in [3.05, 3.63) is 71.8 Å². The van der Waals surface area contributed by atoms with E-state index in [0.29, 0.717) is 6.42 Å². The van der Waals surface area contributed by atoms with Crippen LogP contribution in [0.2, 0.25) is 0 Å². The molecule has 0 fully saturated rings. The molecular weight excluding hydrogens is 276 g/mol. The summed E-state index contributed by atoms with van der Waals surface area (Å²) in [6.07, 6.45) is 2.97. The van der Waals surface area contributed by atoms with E-state index in [4.69, 9.17) is 0 Å². The van der Waals surface area contributed by atoms with Crippen LogP contribution in [0, 0.1) is 0 Å². The molecule has 0 heterocycles. The van der Waals surface area contributed by atoms with Crippen LogP contribution < -0.4 is 0 Å². The Morgan fingerprint density at radius 3 is 2.24 bits per heavy atom. The topological polar surface area (TPSA) is 17.1 Å². The Hall–Kier alpha value is -1.54. The minimum Gasteiger partial charge on any atom is -0.294 e. The molecule has 2 heteroatoms. The third kappa shape index (κ3) is 5.05. The van der Waals surface area contributed by atoms with E-state index >= 15 is 0 Å². The maximum atomic E-state index is 12.4. The van der Waals surface area contributed by atoms with Crippen LogP contribution in [0.15, 0.2) is 60.7 Å². The normalized spacial score (nSPS) is 12.0. The molecule has 2 rings (SSSR count). The smallest absolute Gasteiger partial charge is 0.164 e. The first-order valence-electron chi connectivity index (χ1n) is 7.56. The van der Waals surface area contributed by atoms with E-state index in [1.807, 2.05) is 48.2 Å². The summed E-state index contributed by atoms with van der Waals surface area (Å²) in [6.45, 7) is 2.20. The zero-order valence-corrected chi connectivity index (χ0v) is 13.3. The van der Waals surface area contributed by atoms with Gasteiger partial charge in [-0.05, 0) is 17.7 Å². The van der Waals surface area contributed by atoms with E-state index in [1.54, 1.807) is 0 Å². The van der Waals surface area contributed by atoms with Gasteiger partial charge in [0.2, 0.25) is 0 Å². The molecule has 0 aliphatic heterocycles. The number of hydrogen-bond donors (Lipinski definition) is 0. The number of hydrogen-bond acceptors (Lipinski definition) is 2. The molecular formula is C19H22OS. The summed E-state index contributed by atoms with van der Waals surface area (Å²) < 4.78 is 0. The van der Waals surface area contributed by atoms with Crippen molar-refractivity contribution < 1.29 is 4.79 Å². The fourth-order valence-electron chi connectivity index (χ4n) is 2.22. The van der Waals surface area contributed by atoms with Crippen LogP contribution in [-0.4, -0.2) is 11.5 Å². The van der Waals surface area contributed by atoms with Gasteiger partial charge in [0, 0.05) is 17.2 Å². The largest absolute Gasteiger partial charge is 0.294 e. The van der Waals surface area contributed by atoms with Gasteiger partial charge in [0.15, 0.2) is 5.78 Å². The highest BCUT2D eigenvalue weighted by Crippen LogP contribution is 2.33. The van der Waals surface area contributed by atoms with Crippen molar-refractivity contribution in [1.82, 2.24) is 0 Å². The number of carbonyl (C=O) groups is 1. The summed E-state index contributed by atoms with van der Waals surface area (Å²) in [5.74, 6) is 1.34. The molecule has 0 aliphatic carbocycles. The predicted molar refractivity (Wildman–Crippen MR) is 91.9 cm³/mol. The molecule has 1 atom stereocenters. The first-order valence-corrected chi connectivity index (χ1v) is 8.61. The molecule has 2 aromatic carbocycles. The van der Waals surface area contributed by atoms with E-state index in [-0.39, 0.29) is 11.0 Å². The zero-order chi connectivity index (χ0) is 14.9. The van der Waals surface area contributed by atoms with Crippen LogP contribution in [0.4, 0.5) is 0 Å². The maximum Gasteiger partial charge on any atom is 0.164 e. The van der Waals surface area contributed by atoms with Crippen LogP contribution in [-0.2, 0) is 0 Å². The number of thioether (sulfide) groups is 1. The highest BCUT2D eigenvalue weighted by Gasteiger charge is 2.17. The number of unbranched alkanes of at least 4 members (excludes halogenated alkanes) is 1. The third-order valence-corrected chi connectivity index (χ3v) is 4.82. The molecule has 0 amide bonds. The van der Waals surface area contributed by atoms with Gasteiger partial charge in [-0.3, -0.25) is 4.79 Å². The Bertz CT molecular complexity index is 536. The van der Waals surface area contributed by atoms with Gasteiger partial charge in [-0.15, -0.1) is 0 Å². The van der Waals surface area contributed by atoms with Crippen LogP contribution in [0.5, 0.6) is 0 Å². The lowest BCUT2D eigenvalue weighted by Gasteiger charge is -2.16. The zero-order valence-electron chi connectivity index (χ0n) is 12.5. The third-order valence-electron chi connectivity index (χ3n) is 3.45. The minimum absolute atomic E-state index is 0.230. The Morgan fingerprint density at radius 2 is 1.62 bits per heavy atom. The van der Waals surface area contributed by atoms with Crippen molar-refractivity contribution in [2.24, 2.45) is 0 Å². The van der Waals surface area contributed by atoms with Gasteiger partial charge in [0.1, 0.15) is 0 Å². The van der Waals surface area contributed by atoms with Crippen molar-refractivity contribution >= 4 is 17.5 Å². The lowest BCUT2D eigenvalue weighted by Crippen LogP contribution is -2.06.